The van der Waals surface area contributed by atoms with Crippen molar-refractivity contribution in [3.05, 3.63) is 0 Å². The minimum atomic E-state index is -1.21. The Morgan fingerprint density at radius 3 is 2.38 bits per heavy atom. The number of amides is 4. The van der Waals surface area contributed by atoms with Gasteiger partial charge in [0.05, 0.1) is 12.0 Å². The Bertz CT molecular complexity index is 660. The molecule has 2 aliphatic heterocycles. The van der Waals surface area contributed by atoms with Gasteiger partial charge in [0.15, 0.2) is 0 Å². The lowest BCUT2D eigenvalue weighted by Crippen LogP contribution is -2.56. The fourth-order valence-corrected chi connectivity index (χ4v) is 3.67. The van der Waals surface area contributed by atoms with Gasteiger partial charge in [-0.3, -0.25) is 14.4 Å². The van der Waals surface area contributed by atoms with E-state index in [1.165, 1.54) is 16.7 Å². The van der Waals surface area contributed by atoms with Crippen LogP contribution in [0.4, 0.5) is 4.79 Å². The minimum Gasteiger partial charge on any atom is -0.444 e. The van der Waals surface area contributed by atoms with E-state index in [0.717, 1.165) is 0 Å². The Kier molecular flexibility index (Phi) is 7.10. The first-order valence-corrected chi connectivity index (χ1v) is 9.97. The summed E-state index contributed by atoms with van der Waals surface area (Å²) in [6.45, 7) is 7.79. The molecule has 0 spiro atoms. The summed E-state index contributed by atoms with van der Waals surface area (Å²) in [6, 6.07) is -1.94. The number of likely N-dealkylation sites (tertiary alicyclic amines) is 2. The molecule has 0 aromatic carbocycles. The Hall–Kier alpha value is -2.36. The standard InChI is InChI=1S/C19H32N4O6/c1-11(24)14(15(20)25)21-16(26)13-6-5-8-23(13)17(27)12-7-9-22(10-12)18(28)29-19(2,3)4/h11-14,24H,5-10H2,1-4H3,(H2,20,25)(H,21,26)/t11-,12-,13-,14+/m1/s1. The van der Waals surface area contributed by atoms with Gasteiger partial charge in [-0.15, -0.1) is 0 Å². The molecular formula is C19H32N4O6. The normalized spacial score (nSPS) is 24.2. The molecule has 0 saturated carbocycles. The van der Waals surface area contributed by atoms with Crippen molar-refractivity contribution >= 4 is 23.8 Å². The van der Waals surface area contributed by atoms with Crippen molar-refractivity contribution in [3.8, 4) is 0 Å². The van der Waals surface area contributed by atoms with Gasteiger partial charge in [0.1, 0.15) is 17.7 Å². The molecule has 10 heteroatoms. The maximum absolute atomic E-state index is 13.0. The van der Waals surface area contributed by atoms with Crippen LogP contribution in [0, 0.1) is 5.92 Å². The Balaban J connectivity index is 1.99. The molecule has 0 unspecified atom stereocenters. The van der Waals surface area contributed by atoms with E-state index in [1.807, 2.05) is 0 Å². The van der Waals surface area contributed by atoms with Crippen molar-refractivity contribution in [2.24, 2.45) is 11.7 Å². The highest BCUT2D eigenvalue weighted by atomic mass is 16.6. The molecule has 4 atom stereocenters. The quantitative estimate of drug-likeness (QED) is 0.560. The molecule has 10 nitrogen and oxygen atoms in total. The highest BCUT2D eigenvalue weighted by Gasteiger charge is 2.41. The zero-order chi connectivity index (χ0) is 21.9. The van der Waals surface area contributed by atoms with Crippen molar-refractivity contribution < 1.29 is 29.0 Å². The van der Waals surface area contributed by atoms with Crippen molar-refractivity contribution in [3.63, 3.8) is 0 Å². The van der Waals surface area contributed by atoms with Crippen LogP contribution in [0.15, 0.2) is 0 Å². The molecule has 0 bridgehead atoms. The van der Waals surface area contributed by atoms with Crippen LogP contribution in [0.25, 0.3) is 0 Å². The van der Waals surface area contributed by atoms with Crippen LogP contribution in [0.3, 0.4) is 0 Å². The molecule has 164 valence electrons. The van der Waals surface area contributed by atoms with Gasteiger partial charge in [0.2, 0.25) is 17.7 Å². The summed E-state index contributed by atoms with van der Waals surface area (Å²) in [5.41, 5.74) is 4.61. The average Bonchev–Trinajstić information content (AvgIpc) is 3.26. The highest BCUT2D eigenvalue weighted by molar-refractivity contribution is 5.93. The molecule has 0 aromatic rings. The van der Waals surface area contributed by atoms with Crippen LogP contribution in [0.2, 0.25) is 0 Å². The number of aliphatic hydroxyl groups excluding tert-OH is 1. The molecule has 2 aliphatic rings. The van der Waals surface area contributed by atoms with Gasteiger partial charge in [-0.2, -0.15) is 0 Å². The fourth-order valence-electron chi connectivity index (χ4n) is 3.67. The highest BCUT2D eigenvalue weighted by Crippen LogP contribution is 2.26. The Morgan fingerprint density at radius 1 is 1.17 bits per heavy atom. The minimum absolute atomic E-state index is 0.193. The third-order valence-electron chi connectivity index (χ3n) is 5.11. The predicted octanol–water partition coefficient (Wildman–Crippen LogP) is -0.415. The largest absolute Gasteiger partial charge is 0.444 e. The van der Waals surface area contributed by atoms with E-state index >= 15 is 0 Å². The SMILES string of the molecule is C[C@@H](O)[C@H](NC(=O)[C@H]1CCCN1C(=O)[C@@H]1CCN(C(=O)OC(C)(C)C)C1)C(N)=O. The monoisotopic (exact) mass is 412 g/mol. The van der Waals surface area contributed by atoms with E-state index in [1.54, 1.807) is 20.8 Å². The van der Waals surface area contributed by atoms with Crippen LogP contribution in [-0.2, 0) is 19.1 Å². The second-order valence-corrected chi connectivity index (χ2v) is 8.73. The number of rotatable bonds is 5. The smallest absolute Gasteiger partial charge is 0.410 e. The third-order valence-corrected chi connectivity index (χ3v) is 5.11. The second kappa shape index (κ2) is 8.98. The van der Waals surface area contributed by atoms with Gasteiger partial charge in [0.25, 0.3) is 0 Å². The number of nitrogens with one attached hydrogen (secondary N) is 1. The number of hydrogen-bond donors (Lipinski definition) is 3. The topological polar surface area (TPSA) is 142 Å². The lowest BCUT2D eigenvalue weighted by Gasteiger charge is -2.28. The number of nitrogens with two attached hydrogens (primary N) is 1. The molecule has 2 saturated heterocycles. The number of ether oxygens (including phenoxy) is 1. The van der Waals surface area contributed by atoms with Crippen LogP contribution >= 0.6 is 0 Å². The van der Waals surface area contributed by atoms with Crippen molar-refractivity contribution in [2.75, 3.05) is 19.6 Å². The molecule has 29 heavy (non-hydrogen) atoms. The van der Waals surface area contributed by atoms with Crippen molar-refractivity contribution in [2.45, 2.75) is 70.7 Å². The zero-order valence-corrected chi connectivity index (χ0v) is 17.5. The van der Waals surface area contributed by atoms with Crippen molar-refractivity contribution in [1.29, 1.82) is 0 Å². The van der Waals surface area contributed by atoms with E-state index < -0.39 is 47.6 Å². The van der Waals surface area contributed by atoms with E-state index in [9.17, 15) is 24.3 Å². The predicted molar refractivity (Wildman–Crippen MR) is 103 cm³/mol. The number of hydrogen-bond acceptors (Lipinski definition) is 6. The molecule has 4 N–H and O–H groups in total. The summed E-state index contributed by atoms with van der Waals surface area (Å²) in [6.07, 6.45) is 0.0256. The molecule has 2 fully saturated rings. The van der Waals surface area contributed by atoms with Gasteiger partial charge in [-0.1, -0.05) is 0 Å². The molecule has 2 heterocycles. The molecular weight excluding hydrogens is 380 g/mol. The van der Waals surface area contributed by atoms with Gasteiger partial charge >= 0.3 is 6.09 Å². The van der Waals surface area contributed by atoms with Crippen LogP contribution in [0.5, 0.6) is 0 Å². The van der Waals surface area contributed by atoms with Gasteiger partial charge in [-0.25, -0.2) is 4.79 Å². The fraction of sp³-hybridized carbons (Fsp3) is 0.789. The zero-order valence-electron chi connectivity index (χ0n) is 17.5. The number of nitrogens with zero attached hydrogens (tertiary/aromatic N) is 2. The van der Waals surface area contributed by atoms with E-state index in [2.05, 4.69) is 5.32 Å². The van der Waals surface area contributed by atoms with Gasteiger partial charge in [0, 0.05) is 19.6 Å². The summed E-state index contributed by atoms with van der Waals surface area (Å²) in [7, 11) is 0. The van der Waals surface area contributed by atoms with E-state index in [4.69, 9.17) is 10.5 Å². The number of carbonyl (C=O) groups is 4. The number of carbonyl (C=O) groups excluding carboxylic acids is 4. The average molecular weight is 412 g/mol. The molecule has 0 radical (unpaired) electrons. The number of primary amides is 1. The second-order valence-electron chi connectivity index (χ2n) is 8.73. The lowest BCUT2D eigenvalue weighted by atomic mass is 10.1. The lowest BCUT2D eigenvalue weighted by molar-refractivity contribution is -0.142. The maximum atomic E-state index is 13.0. The van der Waals surface area contributed by atoms with E-state index in [0.29, 0.717) is 32.4 Å². The summed E-state index contributed by atoms with van der Waals surface area (Å²) in [4.78, 5) is 52.3. The van der Waals surface area contributed by atoms with Crippen LogP contribution < -0.4 is 11.1 Å². The first-order valence-electron chi connectivity index (χ1n) is 9.97. The van der Waals surface area contributed by atoms with Crippen molar-refractivity contribution in [1.82, 2.24) is 15.1 Å². The molecule has 0 aliphatic carbocycles. The maximum Gasteiger partial charge on any atom is 0.410 e. The van der Waals surface area contributed by atoms with Gasteiger partial charge < -0.3 is 30.7 Å². The third kappa shape index (κ3) is 5.81. The van der Waals surface area contributed by atoms with Crippen LogP contribution in [0.1, 0.15) is 47.0 Å². The number of aliphatic hydroxyl groups is 1. The van der Waals surface area contributed by atoms with Gasteiger partial charge in [-0.05, 0) is 47.0 Å². The Morgan fingerprint density at radius 2 is 1.83 bits per heavy atom. The Labute approximate surface area is 170 Å². The van der Waals surface area contributed by atoms with Crippen LogP contribution in [-0.4, -0.2) is 82.1 Å². The molecule has 0 aromatic heterocycles. The summed E-state index contributed by atoms with van der Waals surface area (Å²) in [5, 5.41) is 12.1. The summed E-state index contributed by atoms with van der Waals surface area (Å²) < 4.78 is 5.35. The van der Waals surface area contributed by atoms with E-state index in [-0.39, 0.29) is 12.5 Å². The summed E-state index contributed by atoms with van der Waals surface area (Å²) >= 11 is 0. The first-order chi connectivity index (χ1) is 13.4. The summed E-state index contributed by atoms with van der Waals surface area (Å²) in [5.74, 6) is -1.95. The first kappa shape index (κ1) is 22.9. The molecule has 4 amide bonds. The molecule has 2 rings (SSSR count).